The van der Waals surface area contributed by atoms with E-state index in [9.17, 15) is 4.79 Å². The van der Waals surface area contributed by atoms with Gasteiger partial charge in [0.1, 0.15) is 17.7 Å². The van der Waals surface area contributed by atoms with Crippen LogP contribution < -0.4 is 5.32 Å². The summed E-state index contributed by atoms with van der Waals surface area (Å²) in [4.78, 5) is 11.4. The molecule has 0 atom stereocenters. The average molecular weight is 276 g/mol. The van der Waals surface area contributed by atoms with Crippen LogP contribution in [-0.4, -0.2) is 13.1 Å². The second-order valence-corrected chi connectivity index (χ2v) is 3.97. The standard InChI is InChI=1S/C13H10ClN3O2/c1-8-3-10(13(18)19-2)11(14)4-12(8)17-7-9(5-15)6-16/h3-4,7,17H,1-2H3. The van der Waals surface area contributed by atoms with Crippen LogP contribution in [0.4, 0.5) is 5.69 Å². The maximum absolute atomic E-state index is 11.4. The summed E-state index contributed by atoms with van der Waals surface area (Å²) in [7, 11) is 1.27. The Bertz CT molecular complexity index is 608. The fourth-order valence-corrected chi connectivity index (χ4v) is 1.58. The third kappa shape index (κ3) is 3.48. The number of carbonyl (C=O) groups is 1. The number of anilines is 1. The molecule has 0 saturated carbocycles. The highest BCUT2D eigenvalue weighted by atomic mass is 35.5. The second kappa shape index (κ2) is 6.44. The normalized spacial score (nSPS) is 8.89. The molecule has 0 aliphatic heterocycles. The van der Waals surface area contributed by atoms with Crippen molar-refractivity contribution < 1.29 is 9.53 Å². The number of ether oxygens (including phenoxy) is 1. The molecular weight excluding hydrogens is 266 g/mol. The van der Waals surface area contributed by atoms with Crippen molar-refractivity contribution in [1.82, 2.24) is 0 Å². The fourth-order valence-electron chi connectivity index (χ4n) is 1.34. The molecule has 0 fully saturated rings. The Balaban J connectivity index is 3.11. The number of rotatable bonds is 3. The van der Waals surface area contributed by atoms with Gasteiger partial charge in [-0.05, 0) is 24.6 Å². The quantitative estimate of drug-likeness (QED) is 0.677. The molecule has 1 N–H and O–H groups in total. The van der Waals surface area contributed by atoms with Gasteiger partial charge in [0, 0.05) is 11.9 Å². The van der Waals surface area contributed by atoms with E-state index < -0.39 is 5.97 Å². The topological polar surface area (TPSA) is 85.9 Å². The summed E-state index contributed by atoms with van der Waals surface area (Å²) >= 11 is 5.97. The van der Waals surface area contributed by atoms with Crippen molar-refractivity contribution >= 4 is 23.3 Å². The third-order valence-electron chi connectivity index (χ3n) is 2.33. The van der Waals surface area contributed by atoms with Crippen LogP contribution in [0.2, 0.25) is 5.02 Å². The number of hydrogen-bond donors (Lipinski definition) is 1. The zero-order valence-corrected chi connectivity index (χ0v) is 11.1. The van der Waals surface area contributed by atoms with E-state index in [1.165, 1.54) is 19.4 Å². The Hall–Kier alpha value is -2.50. The molecule has 5 nitrogen and oxygen atoms in total. The lowest BCUT2D eigenvalue weighted by Gasteiger charge is -2.09. The first-order valence-electron chi connectivity index (χ1n) is 5.18. The van der Waals surface area contributed by atoms with Crippen molar-refractivity contribution in [3.05, 3.63) is 40.1 Å². The van der Waals surface area contributed by atoms with E-state index in [1.54, 1.807) is 25.1 Å². The summed E-state index contributed by atoms with van der Waals surface area (Å²) in [6.45, 7) is 1.76. The van der Waals surface area contributed by atoms with Gasteiger partial charge in [0.15, 0.2) is 0 Å². The molecule has 0 amide bonds. The van der Waals surface area contributed by atoms with Crippen molar-refractivity contribution in [1.29, 1.82) is 10.5 Å². The third-order valence-corrected chi connectivity index (χ3v) is 2.64. The van der Waals surface area contributed by atoms with Crippen LogP contribution in [0.5, 0.6) is 0 Å². The van der Waals surface area contributed by atoms with Crippen LogP contribution in [0.1, 0.15) is 15.9 Å². The number of allylic oxidation sites excluding steroid dienone is 1. The van der Waals surface area contributed by atoms with Gasteiger partial charge in [-0.1, -0.05) is 11.6 Å². The van der Waals surface area contributed by atoms with Gasteiger partial charge in [-0.15, -0.1) is 0 Å². The number of halogens is 1. The number of hydrogen-bond acceptors (Lipinski definition) is 5. The molecule has 1 aromatic carbocycles. The highest BCUT2D eigenvalue weighted by molar-refractivity contribution is 6.34. The van der Waals surface area contributed by atoms with Crippen LogP contribution in [0.3, 0.4) is 0 Å². The minimum absolute atomic E-state index is 0.0624. The molecule has 0 bridgehead atoms. The lowest BCUT2D eigenvalue weighted by atomic mass is 10.1. The lowest BCUT2D eigenvalue weighted by molar-refractivity contribution is 0.0601. The summed E-state index contributed by atoms with van der Waals surface area (Å²) < 4.78 is 4.60. The SMILES string of the molecule is COC(=O)c1cc(C)c(NC=C(C#N)C#N)cc1Cl. The lowest BCUT2D eigenvalue weighted by Crippen LogP contribution is -2.04. The Morgan fingerprint density at radius 3 is 2.58 bits per heavy atom. The van der Waals surface area contributed by atoms with Gasteiger partial charge in [0.25, 0.3) is 0 Å². The molecule has 19 heavy (non-hydrogen) atoms. The molecule has 96 valence electrons. The number of nitrogens with zero attached hydrogens (tertiary/aromatic N) is 2. The summed E-state index contributed by atoms with van der Waals surface area (Å²) in [6, 6.07) is 6.56. The zero-order chi connectivity index (χ0) is 14.4. The van der Waals surface area contributed by atoms with E-state index in [2.05, 4.69) is 10.1 Å². The summed E-state index contributed by atoms with van der Waals surface area (Å²) in [5.41, 5.74) is 1.53. The van der Waals surface area contributed by atoms with E-state index in [4.69, 9.17) is 22.1 Å². The number of esters is 1. The monoisotopic (exact) mass is 275 g/mol. The van der Waals surface area contributed by atoms with Crippen molar-refractivity contribution in [3.63, 3.8) is 0 Å². The Morgan fingerprint density at radius 2 is 2.05 bits per heavy atom. The first-order valence-corrected chi connectivity index (χ1v) is 5.56. The first kappa shape index (κ1) is 14.6. The summed E-state index contributed by atoms with van der Waals surface area (Å²) in [5.74, 6) is -0.523. The van der Waals surface area contributed by atoms with Crippen molar-refractivity contribution in [3.8, 4) is 12.1 Å². The predicted molar refractivity (Wildman–Crippen MR) is 70.5 cm³/mol. The van der Waals surface area contributed by atoms with Crippen LogP contribution in [-0.2, 0) is 4.74 Å². The van der Waals surface area contributed by atoms with Crippen molar-refractivity contribution in [2.24, 2.45) is 0 Å². The van der Waals surface area contributed by atoms with Gasteiger partial charge in [0.2, 0.25) is 0 Å². The number of benzene rings is 1. The fraction of sp³-hybridized carbons (Fsp3) is 0.154. The molecule has 0 aliphatic rings. The number of methoxy groups -OCH3 is 1. The Kier molecular flexibility index (Phi) is 4.93. The van der Waals surface area contributed by atoms with Crippen LogP contribution >= 0.6 is 11.6 Å². The second-order valence-electron chi connectivity index (χ2n) is 3.56. The zero-order valence-electron chi connectivity index (χ0n) is 10.3. The van der Waals surface area contributed by atoms with E-state index in [1.807, 2.05) is 0 Å². The number of aryl methyl sites for hydroxylation is 1. The van der Waals surface area contributed by atoms with E-state index >= 15 is 0 Å². The molecule has 0 spiro atoms. The van der Waals surface area contributed by atoms with Gasteiger partial charge in [-0.25, -0.2) is 4.79 Å². The van der Waals surface area contributed by atoms with Crippen molar-refractivity contribution in [2.45, 2.75) is 6.92 Å². The Morgan fingerprint density at radius 1 is 1.42 bits per heavy atom. The largest absolute Gasteiger partial charge is 0.465 e. The minimum Gasteiger partial charge on any atom is -0.465 e. The molecule has 0 unspecified atom stereocenters. The van der Waals surface area contributed by atoms with Gasteiger partial charge in [-0.3, -0.25) is 0 Å². The molecule has 0 aromatic heterocycles. The predicted octanol–water partition coefficient (Wildman–Crippen LogP) is 2.78. The smallest absolute Gasteiger partial charge is 0.339 e. The van der Waals surface area contributed by atoms with Crippen LogP contribution in [0.25, 0.3) is 0 Å². The molecule has 0 saturated heterocycles. The molecule has 6 heteroatoms. The molecule has 0 aliphatic carbocycles. The highest BCUT2D eigenvalue weighted by Crippen LogP contribution is 2.25. The van der Waals surface area contributed by atoms with Gasteiger partial charge >= 0.3 is 5.97 Å². The van der Waals surface area contributed by atoms with E-state index in [0.29, 0.717) is 5.69 Å². The van der Waals surface area contributed by atoms with E-state index in [0.717, 1.165) is 5.56 Å². The highest BCUT2D eigenvalue weighted by Gasteiger charge is 2.13. The molecule has 1 rings (SSSR count). The number of nitrogens with one attached hydrogen (secondary N) is 1. The maximum Gasteiger partial charge on any atom is 0.339 e. The van der Waals surface area contributed by atoms with E-state index in [-0.39, 0.29) is 16.2 Å². The number of nitriles is 2. The molecule has 0 radical (unpaired) electrons. The first-order chi connectivity index (χ1) is 9.03. The molecule has 0 heterocycles. The minimum atomic E-state index is -0.523. The maximum atomic E-state index is 11.4. The average Bonchev–Trinajstić information content (AvgIpc) is 2.42. The molecule has 1 aromatic rings. The van der Waals surface area contributed by atoms with Gasteiger partial charge in [0.05, 0.1) is 17.7 Å². The summed E-state index contributed by atoms with van der Waals surface area (Å²) in [5, 5.41) is 20.2. The number of carbonyl (C=O) groups excluding carboxylic acids is 1. The van der Waals surface area contributed by atoms with Crippen LogP contribution in [0, 0.1) is 29.6 Å². The summed E-state index contributed by atoms with van der Waals surface area (Å²) in [6.07, 6.45) is 1.27. The molecular formula is C13H10ClN3O2. The van der Waals surface area contributed by atoms with Crippen LogP contribution in [0.15, 0.2) is 23.9 Å². The van der Waals surface area contributed by atoms with Gasteiger partial charge < -0.3 is 10.1 Å². The van der Waals surface area contributed by atoms with Crippen molar-refractivity contribution in [2.75, 3.05) is 12.4 Å². The van der Waals surface area contributed by atoms with Gasteiger partial charge in [-0.2, -0.15) is 10.5 Å². The Labute approximate surface area is 115 Å².